The lowest BCUT2D eigenvalue weighted by Gasteiger charge is -2.15. The van der Waals surface area contributed by atoms with Crippen LogP contribution < -0.4 is 5.32 Å². The Morgan fingerprint density at radius 2 is 2.05 bits per heavy atom. The van der Waals surface area contributed by atoms with Crippen molar-refractivity contribution in [2.45, 2.75) is 48.2 Å². The molecule has 3 rings (SSSR count). The van der Waals surface area contributed by atoms with Gasteiger partial charge < -0.3 is 5.32 Å². The summed E-state index contributed by atoms with van der Waals surface area (Å²) >= 11 is 3.15. The van der Waals surface area contributed by atoms with Crippen LogP contribution in [0.4, 0.5) is 0 Å². The third kappa shape index (κ3) is 3.90. The summed E-state index contributed by atoms with van der Waals surface area (Å²) in [5.74, 6) is 0.133. The van der Waals surface area contributed by atoms with E-state index in [0.717, 1.165) is 28.4 Å². The van der Waals surface area contributed by atoms with Crippen molar-refractivity contribution in [1.82, 2.24) is 10.3 Å². The summed E-state index contributed by atoms with van der Waals surface area (Å²) in [5, 5.41) is 5.11. The smallest absolute Gasteiger partial charge is 0.233 e. The van der Waals surface area contributed by atoms with E-state index >= 15 is 0 Å². The molecule has 1 heterocycles. The zero-order valence-corrected chi connectivity index (χ0v) is 14.3. The Balaban J connectivity index is 1.58. The molecule has 1 unspecified atom stereocenters. The van der Waals surface area contributed by atoms with Crippen LogP contribution in [0.5, 0.6) is 0 Å². The van der Waals surface area contributed by atoms with E-state index in [4.69, 9.17) is 0 Å². The zero-order chi connectivity index (χ0) is 15.4. The summed E-state index contributed by atoms with van der Waals surface area (Å²) in [6.07, 6.45) is 4.72. The molecule has 1 aromatic heterocycles. The van der Waals surface area contributed by atoms with Crippen molar-refractivity contribution >= 4 is 29.0 Å². The number of thiazole rings is 1. The van der Waals surface area contributed by atoms with E-state index in [0.29, 0.717) is 6.04 Å². The molecule has 1 aromatic carbocycles. The lowest BCUT2D eigenvalue weighted by atomic mass is 10.2. The fraction of sp³-hybridized carbons (Fsp3) is 0.412. The van der Waals surface area contributed by atoms with E-state index in [-0.39, 0.29) is 11.2 Å². The summed E-state index contributed by atoms with van der Waals surface area (Å²) in [7, 11) is 0. The summed E-state index contributed by atoms with van der Waals surface area (Å²) in [6, 6.07) is 10.5. The van der Waals surface area contributed by atoms with Crippen LogP contribution in [0.3, 0.4) is 0 Å². The molecule has 1 fully saturated rings. The standard InChI is InChI=1S/C17H20N2OS2/c1-12(16(20)18-14-9-5-6-10-14)22-17-19-15(11-21-17)13-7-3-2-4-8-13/h2-4,7-8,11-12,14H,5-6,9-10H2,1H3,(H,18,20). The summed E-state index contributed by atoms with van der Waals surface area (Å²) in [4.78, 5) is 16.9. The predicted octanol–water partition coefficient (Wildman–Crippen LogP) is 4.35. The largest absolute Gasteiger partial charge is 0.352 e. The SMILES string of the molecule is CC(Sc1nc(-c2ccccc2)cs1)C(=O)NC1CCCC1. The number of nitrogens with zero attached hydrogens (tertiary/aromatic N) is 1. The molecule has 1 aliphatic carbocycles. The molecule has 1 N–H and O–H groups in total. The first kappa shape index (κ1) is 15.6. The summed E-state index contributed by atoms with van der Waals surface area (Å²) < 4.78 is 0.952. The zero-order valence-electron chi connectivity index (χ0n) is 12.6. The molecule has 0 spiro atoms. The van der Waals surface area contributed by atoms with Crippen LogP contribution in [0, 0.1) is 0 Å². The van der Waals surface area contributed by atoms with Gasteiger partial charge in [-0.2, -0.15) is 0 Å². The van der Waals surface area contributed by atoms with Gasteiger partial charge in [0.2, 0.25) is 5.91 Å². The van der Waals surface area contributed by atoms with Crippen LogP contribution in [0.25, 0.3) is 11.3 Å². The van der Waals surface area contributed by atoms with E-state index < -0.39 is 0 Å². The fourth-order valence-corrected chi connectivity index (χ4v) is 4.63. The van der Waals surface area contributed by atoms with Gasteiger partial charge in [0.15, 0.2) is 4.34 Å². The van der Waals surface area contributed by atoms with E-state index in [9.17, 15) is 4.79 Å². The fourth-order valence-electron chi connectivity index (χ4n) is 2.65. The van der Waals surface area contributed by atoms with Crippen molar-refractivity contribution in [3.05, 3.63) is 35.7 Å². The Morgan fingerprint density at radius 3 is 2.77 bits per heavy atom. The van der Waals surface area contributed by atoms with Gasteiger partial charge in [-0.3, -0.25) is 4.79 Å². The van der Waals surface area contributed by atoms with Gasteiger partial charge in [0.1, 0.15) is 0 Å². The lowest BCUT2D eigenvalue weighted by Crippen LogP contribution is -2.37. The molecular formula is C17H20N2OS2. The Kier molecular flexibility index (Phi) is 5.16. The molecule has 2 aromatic rings. The maximum Gasteiger partial charge on any atom is 0.233 e. The number of hydrogen-bond donors (Lipinski definition) is 1. The van der Waals surface area contributed by atoms with Crippen LogP contribution in [-0.2, 0) is 4.79 Å². The molecule has 1 aliphatic rings. The summed E-state index contributed by atoms with van der Waals surface area (Å²) in [5.41, 5.74) is 2.10. The van der Waals surface area contributed by atoms with E-state index in [1.54, 1.807) is 23.1 Å². The molecule has 22 heavy (non-hydrogen) atoms. The maximum absolute atomic E-state index is 12.2. The van der Waals surface area contributed by atoms with Gasteiger partial charge in [0.25, 0.3) is 0 Å². The maximum atomic E-state index is 12.2. The highest BCUT2D eigenvalue weighted by atomic mass is 32.2. The molecule has 0 bridgehead atoms. The number of rotatable bonds is 5. The lowest BCUT2D eigenvalue weighted by molar-refractivity contribution is -0.120. The number of nitrogens with one attached hydrogen (secondary N) is 1. The molecule has 0 saturated heterocycles. The van der Waals surface area contributed by atoms with E-state index in [1.165, 1.54) is 12.8 Å². The molecule has 116 valence electrons. The topological polar surface area (TPSA) is 42.0 Å². The number of carbonyl (C=O) groups is 1. The monoisotopic (exact) mass is 332 g/mol. The van der Waals surface area contributed by atoms with Crippen LogP contribution in [0.15, 0.2) is 40.1 Å². The van der Waals surface area contributed by atoms with Gasteiger partial charge in [0, 0.05) is 17.0 Å². The second kappa shape index (κ2) is 7.29. The first-order chi connectivity index (χ1) is 10.7. The third-order valence-corrected chi connectivity index (χ3v) is 5.97. The molecular weight excluding hydrogens is 312 g/mol. The quantitative estimate of drug-likeness (QED) is 0.828. The molecule has 1 saturated carbocycles. The van der Waals surface area contributed by atoms with E-state index in [2.05, 4.69) is 27.8 Å². The number of benzene rings is 1. The number of amides is 1. The van der Waals surface area contributed by atoms with E-state index in [1.807, 2.05) is 25.1 Å². The Bertz CT molecular complexity index is 621. The first-order valence-electron chi connectivity index (χ1n) is 7.70. The average molecular weight is 332 g/mol. The molecule has 1 amide bonds. The Labute approximate surface area is 139 Å². The second-order valence-corrected chi connectivity index (χ2v) is 8.06. The van der Waals surface area contributed by atoms with Crippen molar-refractivity contribution in [2.75, 3.05) is 0 Å². The molecule has 5 heteroatoms. The number of carbonyl (C=O) groups excluding carboxylic acids is 1. The van der Waals surface area contributed by atoms with Crippen LogP contribution in [0.1, 0.15) is 32.6 Å². The first-order valence-corrected chi connectivity index (χ1v) is 9.46. The Morgan fingerprint density at radius 1 is 1.32 bits per heavy atom. The number of thioether (sulfide) groups is 1. The number of hydrogen-bond acceptors (Lipinski definition) is 4. The van der Waals surface area contributed by atoms with Gasteiger partial charge >= 0.3 is 0 Å². The normalized spacial score (nSPS) is 16.6. The highest BCUT2D eigenvalue weighted by molar-refractivity contribution is 8.02. The number of aromatic nitrogens is 1. The van der Waals surface area contributed by atoms with Crippen molar-refractivity contribution in [1.29, 1.82) is 0 Å². The van der Waals surface area contributed by atoms with Crippen molar-refractivity contribution in [3.8, 4) is 11.3 Å². The van der Waals surface area contributed by atoms with Crippen LogP contribution in [0.2, 0.25) is 0 Å². The molecule has 0 aliphatic heterocycles. The van der Waals surface area contributed by atoms with Crippen LogP contribution >= 0.6 is 23.1 Å². The minimum absolute atomic E-state index is 0.102. The van der Waals surface area contributed by atoms with Crippen molar-refractivity contribution in [2.24, 2.45) is 0 Å². The van der Waals surface area contributed by atoms with Gasteiger partial charge in [-0.15, -0.1) is 11.3 Å². The minimum Gasteiger partial charge on any atom is -0.352 e. The van der Waals surface area contributed by atoms with Crippen molar-refractivity contribution in [3.63, 3.8) is 0 Å². The second-order valence-electron chi connectivity index (χ2n) is 5.61. The van der Waals surface area contributed by atoms with Gasteiger partial charge in [-0.1, -0.05) is 54.9 Å². The molecule has 1 atom stereocenters. The van der Waals surface area contributed by atoms with Gasteiger partial charge in [-0.25, -0.2) is 4.98 Å². The predicted molar refractivity (Wildman–Crippen MR) is 93.3 cm³/mol. The Hall–Kier alpha value is -1.33. The minimum atomic E-state index is -0.102. The van der Waals surface area contributed by atoms with Crippen LogP contribution in [-0.4, -0.2) is 22.2 Å². The highest BCUT2D eigenvalue weighted by Gasteiger charge is 2.22. The average Bonchev–Trinajstić information content (AvgIpc) is 3.20. The van der Waals surface area contributed by atoms with Crippen molar-refractivity contribution < 1.29 is 4.79 Å². The third-order valence-electron chi connectivity index (χ3n) is 3.90. The molecule has 0 radical (unpaired) electrons. The summed E-state index contributed by atoms with van der Waals surface area (Å²) in [6.45, 7) is 1.96. The molecule has 3 nitrogen and oxygen atoms in total. The van der Waals surface area contributed by atoms with Gasteiger partial charge in [0.05, 0.1) is 10.9 Å². The highest BCUT2D eigenvalue weighted by Crippen LogP contribution is 2.31. The van der Waals surface area contributed by atoms with Gasteiger partial charge in [-0.05, 0) is 19.8 Å².